The minimum Gasteiger partial charge on any atom is -0.355 e. The molecule has 0 radical (unpaired) electrons. The Morgan fingerprint density at radius 2 is 1.14 bits per heavy atom. The summed E-state index contributed by atoms with van der Waals surface area (Å²) in [4.78, 5) is 32.3. The Kier molecular flexibility index (Phi) is 7.11. The second-order valence-electron chi connectivity index (χ2n) is 13.9. The molecule has 0 unspecified atom stereocenters. The maximum atomic E-state index is 14.3. The number of hydrogen-bond acceptors (Lipinski definition) is 3. The lowest BCUT2D eigenvalue weighted by atomic mass is 9.84. The van der Waals surface area contributed by atoms with Gasteiger partial charge in [-0.15, -0.1) is 0 Å². The molecule has 3 aromatic carbocycles. The smallest absolute Gasteiger partial charge is 0.193 e. The van der Waals surface area contributed by atoms with Gasteiger partial charge < -0.3 is 9.97 Å². The zero-order valence-corrected chi connectivity index (χ0v) is 28.7. The van der Waals surface area contributed by atoms with E-state index in [0.717, 1.165) is 72.5 Å². The maximum absolute atomic E-state index is 14.3. The molecule has 0 saturated heterocycles. The maximum Gasteiger partial charge on any atom is 0.193 e. The Hall–Kier alpha value is -5.81. The molecule has 0 amide bonds. The van der Waals surface area contributed by atoms with Crippen LogP contribution in [0.15, 0.2) is 97.1 Å². The number of benzene rings is 3. The van der Waals surface area contributed by atoms with Gasteiger partial charge in [0.25, 0.3) is 0 Å². The average Bonchev–Trinajstić information content (AvgIpc) is 3.88. The number of nitrogens with one attached hydrogen (secondary N) is 2. The van der Waals surface area contributed by atoms with E-state index in [2.05, 4.69) is 110 Å². The van der Waals surface area contributed by atoms with Gasteiger partial charge in [-0.25, -0.2) is 9.97 Å². The molecule has 0 spiro atoms. The summed E-state index contributed by atoms with van der Waals surface area (Å²) >= 11 is 0. The van der Waals surface area contributed by atoms with Gasteiger partial charge in [0.1, 0.15) is 5.69 Å². The van der Waals surface area contributed by atoms with E-state index in [1.54, 1.807) is 0 Å². The van der Waals surface area contributed by atoms with Crippen LogP contribution in [0.3, 0.4) is 0 Å². The van der Waals surface area contributed by atoms with E-state index < -0.39 is 5.41 Å². The summed E-state index contributed by atoms with van der Waals surface area (Å²) in [6.07, 6.45) is 4.25. The van der Waals surface area contributed by atoms with Crippen molar-refractivity contribution >= 4 is 40.0 Å². The SMILES string of the molecule is Cc1ccc(-c2c3nc(c(-c4c(C)cc(C)cc4C)c4ccc([nH]4)c(-c4ccccc4)c4nc(cc5ccc2[nH]5)C(C)(C)C4=O)C=C3)cc1. The molecule has 0 atom stereocenters. The van der Waals surface area contributed by atoms with Crippen molar-refractivity contribution in [3.8, 4) is 33.4 Å². The molecule has 2 N–H and O–H groups in total. The Bertz CT molecular complexity index is 2490. The molecule has 8 rings (SSSR count). The number of aryl methyl sites for hydroxylation is 4. The van der Waals surface area contributed by atoms with Crippen LogP contribution in [0.4, 0.5) is 0 Å². The number of aromatic nitrogens is 4. The molecule has 5 heteroatoms. The molecule has 0 saturated carbocycles. The number of fused-ring (bicyclic) bond motifs is 8. The molecular formula is C44H38N4O. The van der Waals surface area contributed by atoms with Crippen LogP contribution in [0.2, 0.25) is 0 Å². The highest BCUT2D eigenvalue weighted by Crippen LogP contribution is 2.40. The van der Waals surface area contributed by atoms with E-state index in [9.17, 15) is 4.79 Å². The average molecular weight is 639 g/mol. The summed E-state index contributed by atoms with van der Waals surface area (Å²) in [6.45, 7) is 12.5. The minimum absolute atomic E-state index is 0.00639. The number of aromatic amines is 2. The zero-order chi connectivity index (χ0) is 34.0. The lowest BCUT2D eigenvalue weighted by molar-refractivity contribution is 0.0920. The number of carbonyl (C=O) groups is 1. The fourth-order valence-electron chi connectivity index (χ4n) is 7.38. The van der Waals surface area contributed by atoms with Gasteiger partial charge in [-0.2, -0.15) is 0 Å². The van der Waals surface area contributed by atoms with Crippen LogP contribution in [0.25, 0.3) is 67.6 Å². The van der Waals surface area contributed by atoms with Gasteiger partial charge in [0.2, 0.25) is 0 Å². The van der Waals surface area contributed by atoms with Gasteiger partial charge in [0, 0.05) is 38.8 Å². The molecule has 2 aliphatic heterocycles. The molecular weight excluding hydrogens is 601 g/mol. The number of Topliss-reactive ketones (excluding diaryl/α,β-unsaturated/α-hetero) is 1. The molecule has 3 aromatic heterocycles. The van der Waals surface area contributed by atoms with Crippen LogP contribution in [-0.2, 0) is 5.41 Å². The standard InChI is InChI=1S/C44H38N4O/c1-25-12-14-30(15-13-25)39-32-17-16-31(45-32)24-37-44(5,6)43(49)42(48-37)40(29-10-8-7-9-11-29)34-19-21-36(47-34)41(35-20-18-33(39)46-35)38-27(3)22-26(2)23-28(38)4/h7-24,45,47H,1-6H3. The van der Waals surface area contributed by atoms with Gasteiger partial charge in [0.05, 0.1) is 22.5 Å². The van der Waals surface area contributed by atoms with E-state index in [0.29, 0.717) is 5.69 Å². The van der Waals surface area contributed by atoms with Crippen LogP contribution < -0.4 is 0 Å². The monoisotopic (exact) mass is 638 g/mol. The zero-order valence-electron chi connectivity index (χ0n) is 28.7. The quantitative estimate of drug-likeness (QED) is 0.202. The van der Waals surface area contributed by atoms with Crippen molar-refractivity contribution in [2.45, 2.75) is 47.0 Å². The normalized spacial score (nSPS) is 13.6. The van der Waals surface area contributed by atoms with Crippen molar-refractivity contribution in [1.82, 2.24) is 19.9 Å². The second-order valence-corrected chi connectivity index (χ2v) is 13.9. The lowest BCUT2D eigenvalue weighted by Gasteiger charge is -2.15. The van der Waals surface area contributed by atoms with Crippen molar-refractivity contribution < 1.29 is 4.79 Å². The fraction of sp³-hybridized carbons (Fsp3) is 0.159. The molecule has 5 heterocycles. The van der Waals surface area contributed by atoms with E-state index in [1.807, 2.05) is 50.2 Å². The number of hydrogen-bond donors (Lipinski definition) is 2. The Labute approximate surface area is 286 Å². The van der Waals surface area contributed by atoms with Crippen LogP contribution in [-0.4, -0.2) is 25.7 Å². The van der Waals surface area contributed by atoms with E-state index in [-0.39, 0.29) is 5.78 Å². The summed E-state index contributed by atoms with van der Waals surface area (Å²) in [5.41, 5.74) is 16.4. The van der Waals surface area contributed by atoms with Crippen molar-refractivity contribution in [3.63, 3.8) is 0 Å². The van der Waals surface area contributed by atoms with Crippen LogP contribution in [0.5, 0.6) is 0 Å². The van der Waals surface area contributed by atoms with Crippen molar-refractivity contribution in [2.24, 2.45) is 0 Å². The Balaban J connectivity index is 1.59. The lowest BCUT2D eigenvalue weighted by Crippen LogP contribution is -2.24. The topological polar surface area (TPSA) is 74.4 Å². The first-order chi connectivity index (χ1) is 23.6. The second kappa shape index (κ2) is 11.4. The van der Waals surface area contributed by atoms with Gasteiger partial charge in [-0.05, 0) is 112 Å². The van der Waals surface area contributed by atoms with Gasteiger partial charge in [0.15, 0.2) is 5.78 Å². The third-order valence-corrected chi connectivity index (χ3v) is 9.87. The van der Waals surface area contributed by atoms with Gasteiger partial charge in [-0.1, -0.05) is 77.9 Å². The first-order valence-corrected chi connectivity index (χ1v) is 16.8. The number of carbonyl (C=O) groups excluding carboxylic acids is 1. The molecule has 8 bridgehead atoms. The number of H-pyrrole nitrogens is 2. The Morgan fingerprint density at radius 1 is 0.551 bits per heavy atom. The summed E-state index contributed by atoms with van der Waals surface area (Å²) in [5.74, 6) is -0.00639. The molecule has 49 heavy (non-hydrogen) atoms. The molecule has 0 fully saturated rings. The molecule has 2 aliphatic rings. The summed E-state index contributed by atoms with van der Waals surface area (Å²) < 4.78 is 0. The highest BCUT2D eigenvalue weighted by molar-refractivity contribution is 6.11. The van der Waals surface area contributed by atoms with E-state index in [4.69, 9.17) is 9.97 Å². The molecule has 6 aromatic rings. The van der Waals surface area contributed by atoms with Crippen LogP contribution >= 0.6 is 0 Å². The molecule has 5 nitrogen and oxygen atoms in total. The summed E-state index contributed by atoms with van der Waals surface area (Å²) in [6, 6.07) is 33.5. The van der Waals surface area contributed by atoms with Crippen LogP contribution in [0, 0.1) is 27.7 Å². The fourth-order valence-corrected chi connectivity index (χ4v) is 7.38. The minimum atomic E-state index is -0.817. The third kappa shape index (κ3) is 5.14. The number of ketones is 1. The van der Waals surface area contributed by atoms with Gasteiger partial charge >= 0.3 is 0 Å². The highest BCUT2D eigenvalue weighted by Gasteiger charge is 2.40. The highest BCUT2D eigenvalue weighted by atomic mass is 16.1. The number of rotatable bonds is 3. The van der Waals surface area contributed by atoms with Crippen LogP contribution in [0.1, 0.15) is 63.7 Å². The number of nitrogens with zero attached hydrogens (tertiary/aromatic N) is 2. The van der Waals surface area contributed by atoms with Crippen molar-refractivity contribution in [2.75, 3.05) is 0 Å². The first-order valence-electron chi connectivity index (χ1n) is 16.8. The van der Waals surface area contributed by atoms with E-state index >= 15 is 0 Å². The van der Waals surface area contributed by atoms with Crippen molar-refractivity contribution in [1.29, 1.82) is 0 Å². The predicted molar refractivity (Wildman–Crippen MR) is 203 cm³/mol. The van der Waals surface area contributed by atoms with Crippen molar-refractivity contribution in [3.05, 3.63) is 142 Å². The third-order valence-electron chi connectivity index (χ3n) is 9.87. The van der Waals surface area contributed by atoms with Gasteiger partial charge in [-0.3, -0.25) is 4.79 Å². The largest absolute Gasteiger partial charge is 0.355 e. The first kappa shape index (κ1) is 30.5. The van der Waals surface area contributed by atoms with E-state index in [1.165, 1.54) is 22.3 Å². The summed E-state index contributed by atoms with van der Waals surface area (Å²) in [5, 5.41) is 0. The Morgan fingerprint density at radius 3 is 1.84 bits per heavy atom. The molecule has 0 aliphatic carbocycles. The summed E-state index contributed by atoms with van der Waals surface area (Å²) in [7, 11) is 0. The molecule has 240 valence electrons. The predicted octanol–water partition coefficient (Wildman–Crippen LogP) is 10.9.